The fourth-order valence-electron chi connectivity index (χ4n) is 1.65. The van der Waals surface area contributed by atoms with E-state index in [0.717, 1.165) is 18.5 Å². The number of nitrogens with zero attached hydrogens (tertiary/aromatic N) is 3. The van der Waals surface area contributed by atoms with Gasteiger partial charge in [0.2, 0.25) is 11.7 Å². The van der Waals surface area contributed by atoms with Crippen LogP contribution < -0.4 is 4.74 Å². The lowest BCUT2D eigenvalue weighted by Gasteiger charge is -2.07. The molecule has 0 atom stereocenters. The van der Waals surface area contributed by atoms with Gasteiger partial charge in [-0.05, 0) is 25.5 Å². The van der Waals surface area contributed by atoms with E-state index in [1.54, 1.807) is 6.07 Å². The molecule has 1 N–H and O–H groups in total. The van der Waals surface area contributed by atoms with Crippen LogP contribution in [0.15, 0.2) is 16.7 Å². The molecule has 0 amide bonds. The Morgan fingerprint density at radius 2 is 2.16 bits per heavy atom. The third-order valence-corrected chi connectivity index (χ3v) is 2.55. The molecule has 0 aliphatic carbocycles. The van der Waals surface area contributed by atoms with E-state index >= 15 is 0 Å². The Hall–Kier alpha value is -1.95. The fourth-order valence-corrected chi connectivity index (χ4v) is 1.65. The van der Waals surface area contributed by atoms with E-state index in [-0.39, 0.29) is 13.2 Å². The standard InChI is InChI=1S/C13H17N3O3/c1-3-4-13-15-12(16-19-13)8-18-11-6-5-9(2)14-10(11)7-17/h5-6,17H,3-4,7-8H2,1-2H3. The molecular weight excluding hydrogens is 246 g/mol. The minimum absolute atomic E-state index is 0.162. The lowest BCUT2D eigenvalue weighted by atomic mass is 10.3. The van der Waals surface area contributed by atoms with Crippen molar-refractivity contribution in [3.63, 3.8) is 0 Å². The summed E-state index contributed by atoms with van der Waals surface area (Å²) in [6, 6.07) is 3.61. The zero-order valence-electron chi connectivity index (χ0n) is 11.1. The highest BCUT2D eigenvalue weighted by Gasteiger charge is 2.09. The van der Waals surface area contributed by atoms with Gasteiger partial charge in [-0.2, -0.15) is 4.98 Å². The van der Waals surface area contributed by atoms with Gasteiger partial charge in [0.1, 0.15) is 11.4 Å². The number of rotatable bonds is 6. The molecule has 6 nitrogen and oxygen atoms in total. The number of aromatic nitrogens is 3. The summed E-state index contributed by atoms with van der Waals surface area (Å²) in [5, 5.41) is 13.1. The van der Waals surface area contributed by atoms with Gasteiger partial charge in [-0.25, -0.2) is 0 Å². The summed E-state index contributed by atoms with van der Waals surface area (Å²) in [5.74, 6) is 1.65. The molecule has 0 bridgehead atoms. The van der Waals surface area contributed by atoms with Crippen molar-refractivity contribution < 1.29 is 14.4 Å². The summed E-state index contributed by atoms with van der Waals surface area (Å²) in [6.45, 7) is 3.94. The van der Waals surface area contributed by atoms with Gasteiger partial charge in [-0.1, -0.05) is 12.1 Å². The second kappa shape index (κ2) is 6.29. The Balaban J connectivity index is 2.01. The molecule has 0 unspecified atom stereocenters. The lowest BCUT2D eigenvalue weighted by Crippen LogP contribution is -2.02. The summed E-state index contributed by atoms with van der Waals surface area (Å²) in [5.41, 5.74) is 1.35. The maximum atomic E-state index is 9.22. The molecule has 2 heterocycles. The van der Waals surface area contributed by atoms with Crippen LogP contribution in [0.25, 0.3) is 0 Å². The Morgan fingerprint density at radius 3 is 2.89 bits per heavy atom. The van der Waals surface area contributed by atoms with Gasteiger partial charge in [0.25, 0.3) is 0 Å². The molecule has 0 saturated carbocycles. The molecule has 2 rings (SSSR count). The van der Waals surface area contributed by atoms with Crippen molar-refractivity contribution in [3.8, 4) is 5.75 Å². The van der Waals surface area contributed by atoms with Crippen molar-refractivity contribution >= 4 is 0 Å². The molecule has 0 spiro atoms. The minimum Gasteiger partial charge on any atom is -0.483 e. The number of aliphatic hydroxyl groups excluding tert-OH is 1. The van der Waals surface area contributed by atoms with E-state index in [4.69, 9.17) is 9.26 Å². The van der Waals surface area contributed by atoms with Crippen LogP contribution in [-0.4, -0.2) is 20.2 Å². The minimum atomic E-state index is -0.162. The lowest BCUT2D eigenvalue weighted by molar-refractivity contribution is 0.247. The molecule has 102 valence electrons. The van der Waals surface area contributed by atoms with Crippen molar-refractivity contribution in [2.45, 2.75) is 39.9 Å². The van der Waals surface area contributed by atoms with Crippen LogP contribution >= 0.6 is 0 Å². The van der Waals surface area contributed by atoms with Crippen molar-refractivity contribution in [3.05, 3.63) is 35.2 Å². The molecule has 19 heavy (non-hydrogen) atoms. The van der Waals surface area contributed by atoms with Crippen LogP contribution in [0, 0.1) is 6.92 Å². The van der Waals surface area contributed by atoms with Crippen LogP contribution in [0.4, 0.5) is 0 Å². The first kappa shape index (κ1) is 13.5. The Morgan fingerprint density at radius 1 is 1.32 bits per heavy atom. The van der Waals surface area contributed by atoms with E-state index < -0.39 is 0 Å². The average Bonchev–Trinajstić information content (AvgIpc) is 2.85. The van der Waals surface area contributed by atoms with Gasteiger partial charge in [-0.15, -0.1) is 0 Å². The quantitative estimate of drug-likeness (QED) is 0.855. The summed E-state index contributed by atoms with van der Waals surface area (Å²) < 4.78 is 10.6. The number of ether oxygens (including phenoxy) is 1. The van der Waals surface area contributed by atoms with Gasteiger partial charge in [0, 0.05) is 12.1 Å². The maximum absolute atomic E-state index is 9.22. The number of pyridine rings is 1. The first-order chi connectivity index (χ1) is 9.22. The van der Waals surface area contributed by atoms with Crippen LogP contribution in [0.2, 0.25) is 0 Å². The largest absolute Gasteiger partial charge is 0.483 e. The van der Waals surface area contributed by atoms with E-state index in [2.05, 4.69) is 15.1 Å². The molecule has 0 aliphatic rings. The van der Waals surface area contributed by atoms with Gasteiger partial charge in [-0.3, -0.25) is 4.98 Å². The molecule has 0 aliphatic heterocycles. The van der Waals surface area contributed by atoms with E-state index in [0.29, 0.717) is 23.2 Å². The monoisotopic (exact) mass is 263 g/mol. The van der Waals surface area contributed by atoms with Crippen molar-refractivity contribution in [2.75, 3.05) is 0 Å². The molecule has 0 aromatic carbocycles. The topological polar surface area (TPSA) is 81.3 Å². The zero-order chi connectivity index (χ0) is 13.7. The van der Waals surface area contributed by atoms with E-state index in [1.807, 2.05) is 19.9 Å². The predicted molar refractivity (Wildman–Crippen MR) is 67.5 cm³/mol. The zero-order valence-corrected chi connectivity index (χ0v) is 11.1. The van der Waals surface area contributed by atoms with Gasteiger partial charge in [0.05, 0.1) is 6.61 Å². The average molecular weight is 263 g/mol. The third-order valence-electron chi connectivity index (χ3n) is 2.55. The van der Waals surface area contributed by atoms with E-state index in [9.17, 15) is 5.11 Å². The first-order valence-corrected chi connectivity index (χ1v) is 6.24. The molecule has 2 aromatic rings. The predicted octanol–water partition coefficient (Wildman–Crippen LogP) is 1.80. The molecule has 6 heteroatoms. The summed E-state index contributed by atoms with van der Waals surface area (Å²) in [4.78, 5) is 8.40. The molecule has 0 radical (unpaired) electrons. The van der Waals surface area contributed by atoms with Gasteiger partial charge < -0.3 is 14.4 Å². The highest BCUT2D eigenvalue weighted by molar-refractivity contribution is 5.28. The van der Waals surface area contributed by atoms with Crippen molar-refractivity contribution in [1.29, 1.82) is 0 Å². The van der Waals surface area contributed by atoms with Gasteiger partial charge >= 0.3 is 0 Å². The number of hydrogen-bond acceptors (Lipinski definition) is 6. The Labute approximate surface area is 111 Å². The Bertz CT molecular complexity index is 540. The molecule has 2 aromatic heterocycles. The normalized spacial score (nSPS) is 10.7. The van der Waals surface area contributed by atoms with E-state index in [1.165, 1.54) is 0 Å². The summed E-state index contributed by atoms with van der Waals surface area (Å²) >= 11 is 0. The van der Waals surface area contributed by atoms with Gasteiger partial charge in [0.15, 0.2) is 6.61 Å². The molecule has 0 fully saturated rings. The van der Waals surface area contributed by atoms with Crippen molar-refractivity contribution in [2.24, 2.45) is 0 Å². The highest BCUT2D eigenvalue weighted by Crippen LogP contribution is 2.18. The smallest absolute Gasteiger partial charge is 0.226 e. The van der Waals surface area contributed by atoms with Crippen LogP contribution in [-0.2, 0) is 19.6 Å². The Kier molecular flexibility index (Phi) is 4.46. The van der Waals surface area contributed by atoms with Crippen molar-refractivity contribution in [1.82, 2.24) is 15.1 Å². The SMILES string of the molecule is CCCc1nc(COc2ccc(C)nc2CO)no1. The first-order valence-electron chi connectivity index (χ1n) is 6.24. The van der Waals surface area contributed by atoms with Crippen LogP contribution in [0.3, 0.4) is 0 Å². The third kappa shape index (κ3) is 3.51. The fraction of sp³-hybridized carbons (Fsp3) is 0.462. The number of hydrogen-bond donors (Lipinski definition) is 1. The second-order valence-electron chi connectivity index (χ2n) is 4.20. The second-order valence-corrected chi connectivity index (χ2v) is 4.20. The highest BCUT2D eigenvalue weighted by atomic mass is 16.5. The summed E-state index contributed by atoms with van der Waals surface area (Å²) in [7, 11) is 0. The number of aryl methyl sites for hydroxylation is 2. The molecule has 0 saturated heterocycles. The molecular formula is C13H17N3O3. The van der Waals surface area contributed by atoms with Crippen LogP contribution in [0.5, 0.6) is 5.75 Å². The van der Waals surface area contributed by atoms with Crippen LogP contribution in [0.1, 0.15) is 36.4 Å². The maximum Gasteiger partial charge on any atom is 0.226 e. The summed E-state index contributed by atoms with van der Waals surface area (Å²) in [6.07, 6.45) is 1.72. The number of aliphatic hydroxyl groups is 1.